The van der Waals surface area contributed by atoms with Gasteiger partial charge >= 0.3 is 0 Å². The molecule has 2 atom stereocenters. The maximum absolute atomic E-state index is 11.1. The van der Waals surface area contributed by atoms with Gasteiger partial charge in [-0.05, 0) is 115 Å². The lowest BCUT2D eigenvalue weighted by molar-refractivity contribution is -0.0620. The lowest BCUT2D eigenvalue weighted by Crippen LogP contribution is -2.26. The average molecular weight is 577 g/mol. The molecule has 226 valence electrons. The van der Waals surface area contributed by atoms with E-state index in [2.05, 4.69) is 79.7 Å². The average Bonchev–Trinajstić information content (AvgIpc) is 3.05. The van der Waals surface area contributed by atoms with Gasteiger partial charge in [0, 0.05) is 12.0 Å². The predicted octanol–water partition coefficient (Wildman–Crippen LogP) is 10.8. The van der Waals surface area contributed by atoms with E-state index in [4.69, 9.17) is 9.47 Å². The van der Waals surface area contributed by atoms with Gasteiger partial charge in [0.15, 0.2) is 6.29 Å². The van der Waals surface area contributed by atoms with E-state index in [0.717, 1.165) is 24.2 Å². The molecule has 2 aliphatic rings. The Hall–Kier alpha value is -3.30. The summed E-state index contributed by atoms with van der Waals surface area (Å²) in [6.45, 7) is 7.00. The molecule has 3 nitrogen and oxygen atoms in total. The second-order valence-corrected chi connectivity index (χ2v) is 13.0. The van der Waals surface area contributed by atoms with Crippen molar-refractivity contribution in [3.63, 3.8) is 0 Å². The molecular formula is C40H48O3. The predicted molar refractivity (Wildman–Crippen MR) is 177 cm³/mol. The Bertz CT molecular complexity index is 1530. The molecular weight excluding hydrogens is 528 g/mol. The molecule has 2 fully saturated rings. The van der Waals surface area contributed by atoms with Crippen LogP contribution in [0, 0.1) is 0 Å². The molecule has 0 saturated heterocycles. The van der Waals surface area contributed by atoms with E-state index >= 15 is 0 Å². The highest BCUT2D eigenvalue weighted by atomic mass is 16.7. The van der Waals surface area contributed by atoms with Gasteiger partial charge in [-0.3, -0.25) is 0 Å². The van der Waals surface area contributed by atoms with Gasteiger partial charge in [-0.2, -0.15) is 0 Å². The smallest absolute Gasteiger partial charge is 0.196 e. The van der Waals surface area contributed by atoms with Gasteiger partial charge in [0.25, 0.3) is 0 Å². The fourth-order valence-electron chi connectivity index (χ4n) is 7.75. The maximum Gasteiger partial charge on any atom is 0.196 e. The minimum absolute atomic E-state index is 0.291. The summed E-state index contributed by atoms with van der Waals surface area (Å²) in [6, 6.07) is 28.9. The first-order chi connectivity index (χ1) is 21.0. The maximum atomic E-state index is 11.1. The van der Waals surface area contributed by atoms with Crippen molar-refractivity contribution in [1.29, 1.82) is 0 Å². The zero-order valence-electron chi connectivity index (χ0n) is 26.3. The van der Waals surface area contributed by atoms with Crippen molar-refractivity contribution >= 4 is 10.8 Å². The van der Waals surface area contributed by atoms with Gasteiger partial charge in [0.05, 0.1) is 0 Å². The molecule has 43 heavy (non-hydrogen) atoms. The normalized spacial score (nSPS) is 18.8. The van der Waals surface area contributed by atoms with Crippen LogP contribution in [0.15, 0.2) is 78.9 Å². The Kier molecular flexibility index (Phi) is 9.09. The van der Waals surface area contributed by atoms with Gasteiger partial charge in [0.1, 0.15) is 11.5 Å². The van der Waals surface area contributed by atoms with E-state index in [9.17, 15) is 5.11 Å². The number of hydrogen-bond acceptors (Lipinski definition) is 3. The number of aromatic hydroxyl groups is 1. The molecule has 1 N–H and O–H groups in total. The minimum atomic E-state index is -0.422. The van der Waals surface area contributed by atoms with Gasteiger partial charge < -0.3 is 14.6 Å². The largest absolute Gasteiger partial charge is 0.508 e. The molecule has 4 aromatic carbocycles. The molecule has 0 aliphatic heterocycles. The zero-order valence-corrected chi connectivity index (χ0v) is 26.3. The van der Waals surface area contributed by atoms with Crippen molar-refractivity contribution in [3.05, 3.63) is 107 Å². The van der Waals surface area contributed by atoms with Crippen molar-refractivity contribution in [2.75, 3.05) is 6.61 Å². The number of phenols is 1. The lowest BCUT2D eigenvalue weighted by atomic mass is 9.68. The summed E-state index contributed by atoms with van der Waals surface area (Å²) in [7, 11) is 0. The minimum Gasteiger partial charge on any atom is -0.508 e. The zero-order chi connectivity index (χ0) is 29.8. The Morgan fingerprint density at radius 2 is 1.26 bits per heavy atom. The second-order valence-electron chi connectivity index (χ2n) is 13.0. The highest BCUT2D eigenvalue weighted by Crippen LogP contribution is 2.47. The summed E-state index contributed by atoms with van der Waals surface area (Å²) in [6.07, 6.45) is 12.0. The highest BCUT2D eigenvalue weighted by Gasteiger charge is 2.34. The molecule has 0 radical (unpaired) electrons. The molecule has 2 aliphatic carbocycles. The molecule has 0 amide bonds. The summed E-state index contributed by atoms with van der Waals surface area (Å²) < 4.78 is 12.2. The first kappa shape index (κ1) is 29.8. The van der Waals surface area contributed by atoms with Gasteiger partial charge in [-0.25, -0.2) is 0 Å². The summed E-state index contributed by atoms with van der Waals surface area (Å²) in [5.74, 6) is 2.29. The first-order valence-electron chi connectivity index (χ1n) is 16.7. The van der Waals surface area contributed by atoms with Crippen LogP contribution in [0.25, 0.3) is 10.8 Å². The monoisotopic (exact) mass is 576 g/mol. The van der Waals surface area contributed by atoms with E-state index in [0.29, 0.717) is 24.2 Å². The quantitative estimate of drug-likeness (QED) is 0.159. The van der Waals surface area contributed by atoms with Crippen LogP contribution < -0.4 is 4.74 Å². The molecule has 6 rings (SSSR count). The molecule has 2 unspecified atom stereocenters. The molecule has 0 bridgehead atoms. The van der Waals surface area contributed by atoms with Crippen molar-refractivity contribution in [3.8, 4) is 11.5 Å². The first-order valence-corrected chi connectivity index (χ1v) is 16.7. The van der Waals surface area contributed by atoms with Crippen LogP contribution in [0.1, 0.15) is 125 Å². The Labute approximate surface area is 258 Å². The topological polar surface area (TPSA) is 38.7 Å². The fraction of sp³-hybridized carbons (Fsp3) is 0.450. The molecule has 4 aromatic rings. The van der Waals surface area contributed by atoms with Crippen molar-refractivity contribution < 1.29 is 14.6 Å². The lowest BCUT2D eigenvalue weighted by Gasteiger charge is -2.35. The van der Waals surface area contributed by atoms with Crippen LogP contribution in [-0.2, 0) is 10.2 Å². The van der Waals surface area contributed by atoms with Gasteiger partial charge in [-0.15, -0.1) is 0 Å². The Morgan fingerprint density at radius 1 is 0.698 bits per heavy atom. The van der Waals surface area contributed by atoms with Crippen molar-refractivity contribution in [2.45, 2.75) is 109 Å². The molecule has 0 heterocycles. The second kappa shape index (κ2) is 13.1. The highest BCUT2D eigenvalue weighted by molar-refractivity contribution is 5.83. The SMILES string of the molecule is CCOC(C)Oc1ccc(C(C)(c2ccc(O)c(C3CCCCC3)c2)c2ccc3ccccc3c2)cc1C1CCCCC1. The molecule has 3 heteroatoms. The number of rotatable bonds is 9. The van der Waals surface area contributed by atoms with E-state index in [1.54, 1.807) is 0 Å². The number of hydrogen-bond donors (Lipinski definition) is 1. The van der Waals surface area contributed by atoms with Crippen LogP contribution in [0.3, 0.4) is 0 Å². The fourth-order valence-corrected chi connectivity index (χ4v) is 7.75. The third-order valence-corrected chi connectivity index (χ3v) is 10.3. The van der Waals surface area contributed by atoms with Crippen LogP contribution in [0.4, 0.5) is 0 Å². The third kappa shape index (κ3) is 6.20. The van der Waals surface area contributed by atoms with Crippen LogP contribution in [0.5, 0.6) is 11.5 Å². The van der Waals surface area contributed by atoms with E-state index < -0.39 is 5.41 Å². The summed E-state index contributed by atoms with van der Waals surface area (Å²) in [5, 5.41) is 13.6. The number of benzene rings is 4. The van der Waals surface area contributed by atoms with Crippen molar-refractivity contribution in [2.24, 2.45) is 0 Å². The molecule has 0 aromatic heterocycles. The van der Waals surface area contributed by atoms with Crippen LogP contribution in [-0.4, -0.2) is 18.0 Å². The Balaban J connectivity index is 1.52. The Morgan fingerprint density at radius 3 is 1.93 bits per heavy atom. The van der Waals surface area contributed by atoms with Crippen molar-refractivity contribution in [1.82, 2.24) is 0 Å². The van der Waals surface area contributed by atoms with E-state index in [1.807, 2.05) is 19.9 Å². The molecule has 0 spiro atoms. The van der Waals surface area contributed by atoms with Gasteiger partial charge in [-0.1, -0.05) is 99.2 Å². The number of phenolic OH excluding ortho intramolecular Hbond substituents is 1. The van der Waals surface area contributed by atoms with Gasteiger partial charge in [0.2, 0.25) is 0 Å². The molecule has 2 saturated carbocycles. The van der Waals surface area contributed by atoms with Crippen LogP contribution in [0.2, 0.25) is 0 Å². The standard InChI is InChI=1S/C40H48O3/c1-4-42-28(2)43-39-24-22-35(27-37(39)31-16-9-6-10-17-31)40(3,33-20-19-29-13-11-12-18-32(29)25-33)34-21-23-38(41)36(26-34)30-14-7-5-8-15-30/h11-13,18-28,30-31,41H,4-10,14-17H2,1-3H3. The summed E-state index contributed by atoms with van der Waals surface area (Å²) >= 11 is 0. The summed E-state index contributed by atoms with van der Waals surface area (Å²) in [4.78, 5) is 0. The van der Waals surface area contributed by atoms with E-state index in [-0.39, 0.29) is 6.29 Å². The number of fused-ring (bicyclic) bond motifs is 1. The van der Waals surface area contributed by atoms with Crippen LogP contribution >= 0.6 is 0 Å². The number of ether oxygens (including phenoxy) is 2. The third-order valence-electron chi connectivity index (χ3n) is 10.3. The summed E-state index contributed by atoms with van der Waals surface area (Å²) in [5.41, 5.74) is 5.75. The van der Waals surface area contributed by atoms with E-state index in [1.165, 1.54) is 84.4 Å².